The van der Waals surface area contributed by atoms with Gasteiger partial charge in [0.1, 0.15) is 0 Å². The Hall–Kier alpha value is -1.89. The van der Waals surface area contributed by atoms with Gasteiger partial charge in [-0.3, -0.25) is 14.7 Å². The number of aromatic nitrogens is 1. The van der Waals surface area contributed by atoms with Crippen molar-refractivity contribution < 1.29 is 9.90 Å². The van der Waals surface area contributed by atoms with Crippen LogP contribution in [-0.2, 0) is 13.0 Å². The first-order valence-corrected chi connectivity index (χ1v) is 8.98. The number of benzene rings is 1. The molecule has 2 atom stereocenters. The highest BCUT2D eigenvalue weighted by atomic mass is 32.1. The van der Waals surface area contributed by atoms with Crippen LogP contribution >= 0.6 is 12.6 Å². The van der Waals surface area contributed by atoms with Gasteiger partial charge < -0.3 is 10.4 Å². The van der Waals surface area contributed by atoms with Crippen molar-refractivity contribution in [2.24, 2.45) is 0 Å². The highest BCUT2D eigenvalue weighted by molar-refractivity contribution is 7.81. The van der Waals surface area contributed by atoms with E-state index in [1.165, 1.54) is 11.1 Å². The van der Waals surface area contributed by atoms with Crippen LogP contribution in [0.3, 0.4) is 0 Å². The zero-order chi connectivity index (χ0) is 17.6. The van der Waals surface area contributed by atoms with Crippen molar-refractivity contribution in [3.8, 4) is 0 Å². The molecule has 3 rings (SSSR count). The maximum Gasteiger partial charge on any atom is 0.251 e. The summed E-state index contributed by atoms with van der Waals surface area (Å²) in [5.74, 6) is -0.180. The Labute approximate surface area is 153 Å². The van der Waals surface area contributed by atoms with Crippen LogP contribution in [0.5, 0.6) is 0 Å². The Bertz CT molecular complexity index is 711. The lowest BCUT2D eigenvalue weighted by Crippen LogP contribution is -2.43. The molecule has 0 aliphatic carbocycles. The molecule has 1 aromatic heterocycles. The maximum absolute atomic E-state index is 12.0. The van der Waals surface area contributed by atoms with Crippen molar-refractivity contribution in [3.05, 3.63) is 65.5 Å². The predicted molar refractivity (Wildman–Crippen MR) is 101 cm³/mol. The van der Waals surface area contributed by atoms with E-state index in [0.29, 0.717) is 18.7 Å². The molecule has 2 unspecified atom stereocenters. The molecule has 2 N–H and O–H groups in total. The first-order valence-electron chi connectivity index (χ1n) is 8.47. The fraction of sp³-hybridized carbons (Fsp3) is 0.368. The van der Waals surface area contributed by atoms with Crippen LogP contribution < -0.4 is 5.32 Å². The number of rotatable bonds is 6. The lowest BCUT2D eigenvalue weighted by atomic mass is 9.99. The number of β-amino-alcohol motifs (C(OH)–C–C–N with tert-alkyl or cyclic N) is 1. The smallest absolute Gasteiger partial charge is 0.251 e. The topological polar surface area (TPSA) is 65.5 Å². The Morgan fingerprint density at radius 3 is 2.72 bits per heavy atom. The Kier molecular flexibility index (Phi) is 6.07. The van der Waals surface area contributed by atoms with E-state index >= 15 is 0 Å². The molecule has 0 spiro atoms. The van der Waals surface area contributed by atoms with E-state index in [1.54, 1.807) is 24.5 Å². The van der Waals surface area contributed by atoms with Gasteiger partial charge in [0.05, 0.1) is 6.10 Å². The number of aliphatic hydroxyl groups excluding tert-OH is 1. The molecular formula is C19H23N3O2S. The fourth-order valence-corrected chi connectivity index (χ4v) is 3.22. The molecule has 1 amide bonds. The molecule has 0 bridgehead atoms. The second-order valence-electron chi connectivity index (χ2n) is 6.33. The van der Waals surface area contributed by atoms with Gasteiger partial charge in [-0.05, 0) is 29.7 Å². The zero-order valence-corrected chi connectivity index (χ0v) is 14.9. The predicted octanol–water partition coefficient (Wildman–Crippen LogP) is 1.53. The normalized spacial score (nSPS) is 16.7. The molecule has 5 nitrogen and oxygen atoms in total. The van der Waals surface area contributed by atoms with Gasteiger partial charge >= 0.3 is 0 Å². The number of amides is 1. The number of carbonyl (C=O) groups is 1. The van der Waals surface area contributed by atoms with Crippen LogP contribution in [0.25, 0.3) is 0 Å². The number of aliphatic hydroxyl groups is 1. The molecule has 0 saturated carbocycles. The lowest BCUT2D eigenvalue weighted by Gasteiger charge is -2.31. The third-order valence-corrected chi connectivity index (χ3v) is 5.04. The van der Waals surface area contributed by atoms with E-state index in [0.717, 1.165) is 19.5 Å². The number of hydrogen-bond acceptors (Lipinski definition) is 5. The van der Waals surface area contributed by atoms with E-state index in [2.05, 4.69) is 52.1 Å². The third kappa shape index (κ3) is 4.81. The second kappa shape index (κ2) is 8.47. The van der Waals surface area contributed by atoms with Crippen LogP contribution in [0, 0.1) is 0 Å². The molecule has 0 saturated heterocycles. The number of fused-ring (bicyclic) bond motifs is 1. The number of thiol groups is 1. The number of carbonyl (C=O) groups excluding carboxylic acids is 1. The van der Waals surface area contributed by atoms with Gasteiger partial charge in [-0.15, -0.1) is 0 Å². The molecule has 132 valence electrons. The molecule has 1 aromatic carbocycles. The van der Waals surface area contributed by atoms with Gasteiger partial charge in [-0.1, -0.05) is 24.3 Å². The molecule has 0 fully saturated rings. The number of hydrogen-bond donors (Lipinski definition) is 3. The molecule has 1 aliphatic rings. The first-order chi connectivity index (χ1) is 12.1. The molecule has 2 heterocycles. The minimum absolute atomic E-state index is 0.180. The Balaban J connectivity index is 1.47. The third-order valence-electron chi connectivity index (χ3n) is 4.51. The SMILES string of the molecule is O=C(NCC(S)C(O)CN1CCc2ccccc2C1)c1ccncc1. The Morgan fingerprint density at radius 1 is 1.24 bits per heavy atom. The van der Waals surface area contributed by atoms with Crippen molar-refractivity contribution in [2.75, 3.05) is 19.6 Å². The number of pyridine rings is 1. The highest BCUT2D eigenvalue weighted by Gasteiger charge is 2.22. The summed E-state index contributed by atoms with van der Waals surface area (Å²) in [6.45, 7) is 2.64. The van der Waals surface area contributed by atoms with E-state index in [-0.39, 0.29) is 11.2 Å². The van der Waals surface area contributed by atoms with E-state index in [4.69, 9.17) is 0 Å². The van der Waals surface area contributed by atoms with Crippen molar-refractivity contribution in [1.82, 2.24) is 15.2 Å². The van der Waals surface area contributed by atoms with Crippen LogP contribution in [0.1, 0.15) is 21.5 Å². The van der Waals surface area contributed by atoms with Gasteiger partial charge in [-0.2, -0.15) is 12.6 Å². The summed E-state index contributed by atoms with van der Waals surface area (Å²) in [6, 6.07) is 11.7. The van der Waals surface area contributed by atoms with Gasteiger partial charge in [0.2, 0.25) is 0 Å². The van der Waals surface area contributed by atoms with Crippen LogP contribution in [0.2, 0.25) is 0 Å². The average Bonchev–Trinajstić information content (AvgIpc) is 2.66. The number of nitrogens with one attached hydrogen (secondary N) is 1. The summed E-state index contributed by atoms with van der Waals surface area (Å²) in [6.07, 6.45) is 3.55. The summed E-state index contributed by atoms with van der Waals surface area (Å²) in [4.78, 5) is 18.2. The van der Waals surface area contributed by atoms with Gasteiger partial charge in [-0.25, -0.2) is 0 Å². The summed E-state index contributed by atoms with van der Waals surface area (Å²) in [5, 5.41) is 12.9. The minimum Gasteiger partial charge on any atom is -0.391 e. The van der Waals surface area contributed by atoms with Crippen molar-refractivity contribution in [1.29, 1.82) is 0 Å². The largest absolute Gasteiger partial charge is 0.391 e. The van der Waals surface area contributed by atoms with Crippen LogP contribution in [0.4, 0.5) is 0 Å². The summed E-state index contributed by atoms with van der Waals surface area (Å²) in [7, 11) is 0. The first kappa shape index (κ1) is 17.9. The van der Waals surface area contributed by atoms with Gasteiger partial charge in [0, 0.05) is 49.4 Å². The molecule has 25 heavy (non-hydrogen) atoms. The monoisotopic (exact) mass is 357 g/mol. The molecule has 0 radical (unpaired) electrons. The number of nitrogens with zero attached hydrogens (tertiary/aromatic N) is 2. The van der Waals surface area contributed by atoms with Crippen molar-refractivity contribution in [3.63, 3.8) is 0 Å². The standard InChI is InChI=1S/C19H23N3O2S/c23-17(13-22-10-7-14-3-1-2-4-16(14)12-22)18(25)11-21-19(24)15-5-8-20-9-6-15/h1-6,8-9,17-18,23,25H,7,10-13H2,(H,21,24). The lowest BCUT2D eigenvalue weighted by molar-refractivity contribution is 0.0910. The van der Waals surface area contributed by atoms with Gasteiger partial charge in [0.15, 0.2) is 0 Å². The second-order valence-corrected chi connectivity index (χ2v) is 7.00. The quantitative estimate of drug-likeness (QED) is 0.686. The average molecular weight is 357 g/mol. The van der Waals surface area contributed by atoms with E-state index in [1.807, 2.05) is 0 Å². The summed E-state index contributed by atoms with van der Waals surface area (Å²) >= 11 is 4.46. The van der Waals surface area contributed by atoms with Crippen molar-refractivity contribution in [2.45, 2.75) is 24.3 Å². The molecular weight excluding hydrogens is 334 g/mol. The van der Waals surface area contributed by atoms with Crippen LogP contribution in [-0.4, -0.2) is 51.9 Å². The molecule has 6 heteroatoms. The van der Waals surface area contributed by atoms with E-state index < -0.39 is 6.10 Å². The summed E-state index contributed by atoms with van der Waals surface area (Å²) in [5.41, 5.74) is 3.26. The minimum atomic E-state index is -0.605. The van der Waals surface area contributed by atoms with E-state index in [9.17, 15) is 9.90 Å². The van der Waals surface area contributed by atoms with Crippen LogP contribution in [0.15, 0.2) is 48.8 Å². The maximum atomic E-state index is 12.0. The summed E-state index contributed by atoms with van der Waals surface area (Å²) < 4.78 is 0. The Morgan fingerprint density at radius 2 is 1.96 bits per heavy atom. The zero-order valence-electron chi connectivity index (χ0n) is 14.0. The fourth-order valence-electron chi connectivity index (χ4n) is 3.03. The van der Waals surface area contributed by atoms with Crippen molar-refractivity contribution >= 4 is 18.5 Å². The van der Waals surface area contributed by atoms with Gasteiger partial charge in [0.25, 0.3) is 5.91 Å². The highest BCUT2D eigenvalue weighted by Crippen LogP contribution is 2.19. The molecule has 2 aromatic rings. The molecule has 1 aliphatic heterocycles.